The molecule has 0 amide bonds. The molecule has 4 heteroatoms. The Morgan fingerprint density at radius 2 is 2.33 bits per heavy atom. The van der Waals surface area contributed by atoms with Gasteiger partial charge in [0.25, 0.3) is 0 Å². The number of aryl methyl sites for hydroxylation is 1. The standard InChI is InChI=1S/C11H13N3O/c1-8-2-3-10-12-13-11(14(10)6-8)9-4-5-15-7-9/h2-3,6,9H,4-5,7H2,1H3. The molecule has 0 saturated carbocycles. The second-order valence-electron chi connectivity index (χ2n) is 4.05. The maximum atomic E-state index is 5.38. The molecule has 1 aliphatic rings. The lowest BCUT2D eigenvalue weighted by Gasteiger charge is -2.05. The number of aromatic nitrogens is 3. The summed E-state index contributed by atoms with van der Waals surface area (Å²) < 4.78 is 7.46. The van der Waals surface area contributed by atoms with Crippen LogP contribution < -0.4 is 0 Å². The molecule has 78 valence electrons. The monoisotopic (exact) mass is 203 g/mol. The van der Waals surface area contributed by atoms with Crippen LogP contribution in [0.1, 0.15) is 23.7 Å². The Kier molecular flexibility index (Phi) is 1.95. The molecule has 15 heavy (non-hydrogen) atoms. The van der Waals surface area contributed by atoms with Crippen molar-refractivity contribution >= 4 is 5.65 Å². The van der Waals surface area contributed by atoms with E-state index < -0.39 is 0 Å². The van der Waals surface area contributed by atoms with Gasteiger partial charge in [0.05, 0.1) is 6.61 Å². The van der Waals surface area contributed by atoms with Crippen molar-refractivity contribution in [1.82, 2.24) is 14.6 Å². The van der Waals surface area contributed by atoms with Gasteiger partial charge in [0, 0.05) is 18.7 Å². The van der Waals surface area contributed by atoms with Gasteiger partial charge in [-0.15, -0.1) is 10.2 Å². The highest BCUT2D eigenvalue weighted by Crippen LogP contribution is 2.24. The number of pyridine rings is 1. The maximum Gasteiger partial charge on any atom is 0.160 e. The number of nitrogens with zero attached hydrogens (tertiary/aromatic N) is 3. The summed E-state index contributed by atoms with van der Waals surface area (Å²) in [4.78, 5) is 0. The summed E-state index contributed by atoms with van der Waals surface area (Å²) in [6.45, 7) is 3.69. The number of rotatable bonds is 1. The summed E-state index contributed by atoms with van der Waals surface area (Å²) >= 11 is 0. The van der Waals surface area contributed by atoms with E-state index in [0.717, 1.165) is 31.1 Å². The fourth-order valence-corrected chi connectivity index (χ4v) is 2.03. The van der Waals surface area contributed by atoms with Crippen molar-refractivity contribution in [2.24, 2.45) is 0 Å². The van der Waals surface area contributed by atoms with Crippen LogP contribution in [0.15, 0.2) is 18.3 Å². The van der Waals surface area contributed by atoms with E-state index in [2.05, 4.69) is 33.8 Å². The lowest BCUT2D eigenvalue weighted by Crippen LogP contribution is -2.03. The third-order valence-electron chi connectivity index (χ3n) is 2.87. The molecular weight excluding hydrogens is 190 g/mol. The molecule has 3 heterocycles. The van der Waals surface area contributed by atoms with Gasteiger partial charge in [0.1, 0.15) is 5.82 Å². The van der Waals surface area contributed by atoms with Gasteiger partial charge in [0.2, 0.25) is 0 Å². The van der Waals surface area contributed by atoms with E-state index in [4.69, 9.17) is 4.74 Å². The van der Waals surface area contributed by atoms with E-state index in [1.165, 1.54) is 5.56 Å². The summed E-state index contributed by atoms with van der Waals surface area (Å²) in [6.07, 6.45) is 3.14. The highest BCUT2D eigenvalue weighted by molar-refractivity contribution is 5.39. The van der Waals surface area contributed by atoms with Crippen LogP contribution in [0.3, 0.4) is 0 Å². The van der Waals surface area contributed by atoms with Crippen LogP contribution >= 0.6 is 0 Å². The minimum Gasteiger partial charge on any atom is -0.381 e. The number of ether oxygens (including phenoxy) is 1. The van der Waals surface area contributed by atoms with Gasteiger partial charge in [-0.1, -0.05) is 6.07 Å². The van der Waals surface area contributed by atoms with Crippen molar-refractivity contribution in [2.45, 2.75) is 19.3 Å². The first-order valence-corrected chi connectivity index (χ1v) is 5.23. The fraction of sp³-hybridized carbons (Fsp3) is 0.455. The Morgan fingerprint density at radius 3 is 3.13 bits per heavy atom. The normalized spacial score (nSPS) is 21.3. The zero-order valence-electron chi connectivity index (χ0n) is 8.68. The summed E-state index contributed by atoms with van der Waals surface area (Å²) in [6, 6.07) is 4.06. The van der Waals surface area contributed by atoms with Crippen LogP contribution in [0.4, 0.5) is 0 Å². The second kappa shape index (κ2) is 3.31. The zero-order chi connectivity index (χ0) is 10.3. The van der Waals surface area contributed by atoms with Crippen LogP contribution in [0.2, 0.25) is 0 Å². The first-order valence-electron chi connectivity index (χ1n) is 5.23. The molecule has 1 aliphatic heterocycles. The van der Waals surface area contributed by atoms with E-state index in [1.807, 2.05) is 6.07 Å². The van der Waals surface area contributed by atoms with Crippen molar-refractivity contribution in [1.29, 1.82) is 0 Å². The van der Waals surface area contributed by atoms with Crippen LogP contribution in [-0.2, 0) is 4.74 Å². The largest absolute Gasteiger partial charge is 0.381 e. The van der Waals surface area contributed by atoms with Gasteiger partial charge < -0.3 is 4.74 Å². The van der Waals surface area contributed by atoms with Crippen LogP contribution in [0, 0.1) is 6.92 Å². The van der Waals surface area contributed by atoms with Gasteiger partial charge in [-0.2, -0.15) is 0 Å². The summed E-state index contributed by atoms with van der Waals surface area (Å²) in [7, 11) is 0. The predicted molar refractivity (Wildman–Crippen MR) is 55.9 cm³/mol. The average molecular weight is 203 g/mol. The van der Waals surface area contributed by atoms with Gasteiger partial charge >= 0.3 is 0 Å². The average Bonchev–Trinajstić information content (AvgIpc) is 2.83. The van der Waals surface area contributed by atoms with E-state index in [0.29, 0.717) is 5.92 Å². The van der Waals surface area contributed by atoms with E-state index in [-0.39, 0.29) is 0 Å². The molecule has 4 nitrogen and oxygen atoms in total. The molecule has 0 N–H and O–H groups in total. The molecule has 1 atom stereocenters. The molecule has 3 rings (SSSR count). The van der Waals surface area contributed by atoms with Crippen molar-refractivity contribution in [3.8, 4) is 0 Å². The maximum absolute atomic E-state index is 5.38. The summed E-state index contributed by atoms with van der Waals surface area (Å²) in [5, 5.41) is 8.41. The Morgan fingerprint density at radius 1 is 1.40 bits per heavy atom. The van der Waals surface area contributed by atoms with Crippen LogP contribution in [-0.4, -0.2) is 27.8 Å². The summed E-state index contributed by atoms with van der Waals surface area (Å²) in [5.41, 5.74) is 2.14. The van der Waals surface area contributed by atoms with Crippen molar-refractivity contribution in [3.63, 3.8) is 0 Å². The topological polar surface area (TPSA) is 39.4 Å². The van der Waals surface area contributed by atoms with Gasteiger partial charge in [-0.05, 0) is 25.0 Å². The van der Waals surface area contributed by atoms with Gasteiger partial charge in [-0.25, -0.2) is 0 Å². The van der Waals surface area contributed by atoms with Gasteiger partial charge in [-0.3, -0.25) is 4.40 Å². The Bertz CT molecular complexity index is 486. The second-order valence-corrected chi connectivity index (χ2v) is 4.05. The summed E-state index contributed by atoms with van der Waals surface area (Å²) in [5.74, 6) is 1.44. The van der Waals surface area contributed by atoms with Crippen molar-refractivity contribution in [2.75, 3.05) is 13.2 Å². The molecule has 2 aromatic rings. The fourth-order valence-electron chi connectivity index (χ4n) is 2.03. The number of hydrogen-bond donors (Lipinski definition) is 0. The third kappa shape index (κ3) is 1.41. The molecule has 0 aromatic carbocycles. The molecule has 0 bridgehead atoms. The van der Waals surface area contributed by atoms with E-state index in [9.17, 15) is 0 Å². The lowest BCUT2D eigenvalue weighted by atomic mass is 10.1. The van der Waals surface area contributed by atoms with E-state index in [1.54, 1.807) is 0 Å². The molecule has 1 unspecified atom stereocenters. The molecule has 2 aromatic heterocycles. The molecule has 0 radical (unpaired) electrons. The lowest BCUT2D eigenvalue weighted by molar-refractivity contribution is 0.193. The first-order chi connectivity index (χ1) is 7.34. The zero-order valence-corrected chi connectivity index (χ0v) is 8.68. The smallest absolute Gasteiger partial charge is 0.160 e. The minimum atomic E-state index is 0.404. The molecule has 1 fully saturated rings. The predicted octanol–water partition coefficient (Wildman–Crippen LogP) is 1.54. The molecule has 0 aliphatic carbocycles. The van der Waals surface area contributed by atoms with Gasteiger partial charge in [0.15, 0.2) is 5.65 Å². The van der Waals surface area contributed by atoms with Crippen molar-refractivity contribution in [3.05, 3.63) is 29.7 Å². The number of hydrogen-bond acceptors (Lipinski definition) is 3. The minimum absolute atomic E-state index is 0.404. The highest BCUT2D eigenvalue weighted by Gasteiger charge is 2.22. The highest BCUT2D eigenvalue weighted by atomic mass is 16.5. The molecule has 0 spiro atoms. The van der Waals surface area contributed by atoms with Crippen LogP contribution in [0.25, 0.3) is 5.65 Å². The number of fused-ring (bicyclic) bond motifs is 1. The molecule has 1 saturated heterocycles. The Hall–Kier alpha value is -1.42. The van der Waals surface area contributed by atoms with Crippen molar-refractivity contribution < 1.29 is 4.74 Å². The van der Waals surface area contributed by atoms with Crippen LogP contribution in [0.5, 0.6) is 0 Å². The molecular formula is C11H13N3O. The third-order valence-corrected chi connectivity index (χ3v) is 2.87. The SMILES string of the molecule is Cc1ccc2nnc(C3CCOC3)n2c1. The Balaban J connectivity index is 2.13. The first kappa shape index (κ1) is 8.85. The van der Waals surface area contributed by atoms with E-state index >= 15 is 0 Å². The quantitative estimate of drug-likeness (QED) is 0.705. The Labute approximate surface area is 87.9 Å².